The predicted octanol–water partition coefficient (Wildman–Crippen LogP) is 2.42. The molecule has 2 amide bonds. The molecule has 26 heavy (non-hydrogen) atoms. The zero-order chi connectivity index (χ0) is 18.3. The summed E-state index contributed by atoms with van der Waals surface area (Å²) in [6.45, 7) is 2.37. The lowest BCUT2D eigenvalue weighted by Crippen LogP contribution is -2.48. The van der Waals surface area contributed by atoms with E-state index in [2.05, 4.69) is 5.32 Å². The molecule has 0 radical (unpaired) electrons. The molecule has 6 nitrogen and oxygen atoms in total. The number of carbonyl (C=O) groups excluding carboxylic acids is 2. The largest absolute Gasteiger partial charge is 0.347 e. The fourth-order valence-electron chi connectivity index (χ4n) is 3.65. The highest BCUT2D eigenvalue weighted by molar-refractivity contribution is 6.31. The number of hydrogen-bond acceptors (Lipinski definition) is 4. The van der Waals surface area contributed by atoms with Crippen molar-refractivity contribution in [2.75, 3.05) is 31.6 Å². The third-order valence-corrected chi connectivity index (χ3v) is 5.57. The molecule has 8 heteroatoms. The van der Waals surface area contributed by atoms with Gasteiger partial charge in [0.25, 0.3) is 0 Å². The minimum absolute atomic E-state index is 0.00938. The van der Waals surface area contributed by atoms with Crippen LogP contribution < -0.4 is 5.32 Å². The van der Waals surface area contributed by atoms with Crippen molar-refractivity contribution in [2.45, 2.75) is 25.0 Å². The molecule has 0 aromatic heterocycles. The summed E-state index contributed by atoms with van der Waals surface area (Å²) in [7, 11) is 0. The van der Waals surface area contributed by atoms with E-state index in [4.69, 9.17) is 21.1 Å². The monoisotopic (exact) mass is 382 g/mol. The molecular weight excluding hydrogens is 363 g/mol. The number of rotatable bonds is 3. The Hall–Kier alpha value is -1.70. The second-order valence-electron chi connectivity index (χ2n) is 7.00. The van der Waals surface area contributed by atoms with Crippen molar-refractivity contribution < 1.29 is 23.5 Å². The molecule has 1 aliphatic carbocycles. The molecule has 2 heterocycles. The van der Waals surface area contributed by atoms with E-state index in [1.165, 1.54) is 18.2 Å². The zero-order valence-electron chi connectivity index (χ0n) is 14.2. The quantitative estimate of drug-likeness (QED) is 0.871. The van der Waals surface area contributed by atoms with Crippen molar-refractivity contribution >= 4 is 29.1 Å². The molecule has 2 atom stereocenters. The first kappa shape index (κ1) is 17.7. The molecule has 1 N–H and O–H groups in total. The van der Waals surface area contributed by atoms with E-state index in [1.807, 2.05) is 0 Å². The van der Waals surface area contributed by atoms with Gasteiger partial charge in [-0.05, 0) is 24.6 Å². The van der Waals surface area contributed by atoms with Gasteiger partial charge in [0.05, 0.1) is 30.1 Å². The Morgan fingerprint density at radius 1 is 1.19 bits per heavy atom. The molecule has 1 aromatic carbocycles. The summed E-state index contributed by atoms with van der Waals surface area (Å²) < 4.78 is 24.5. The summed E-state index contributed by atoms with van der Waals surface area (Å²) in [6, 6.07) is 4.01. The molecule has 2 saturated heterocycles. The van der Waals surface area contributed by atoms with Crippen molar-refractivity contribution in [1.82, 2.24) is 4.90 Å². The van der Waals surface area contributed by atoms with E-state index in [9.17, 15) is 14.0 Å². The molecule has 4 rings (SSSR count). The lowest BCUT2D eigenvalue weighted by molar-refractivity contribution is -0.187. The molecule has 3 fully saturated rings. The van der Waals surface area contributed by atoms with Crippen LogP contribution in [0.25, 0.3) is 0 Å². The van der Waals surface area contributed by atoms with Crippen LogP contribution in [0.1, 0.15) is 19.3 Å². The Morgan fingerprint density at radius 2 is 1.88 bits per heavy atom. The van der Waals surface area contributed by atoms with Crippen molar-refractivity contribution in [2.24, 2.45) is 11.8 Å². The van der Waals surface area contributed by atoms with E-state index < -0.39 is 11.6 Å². The number of hydrogen-bond donors (Lipinski definition) is 1. The van der Waals surface area contributed by atoms with E-state index in [0.717, 1.165) is 0 Å². The van der Waals surface area contributed by atoms with Gasteiger partial charge in [-0.3, -0.25) is 9.59 Å². The van der Waals surface area contributed by atoms with E-state index in [-0.39, 0.29) is 28.7 Å². The van der Waals surface area contributed by atoms with Crippen molar-refractivity contribution in [3.05, 3.63) is 29.0 Å². The molecule has 1 spiro atoms. The third-order valence-electron chi connectivity index (χ3n) is 5.28. The van der Waals surface area contributed by atoms with Gasteiger partial charge in [0.2, 0.25) is 11.8 Å². The number of ether oxygens (including phenoxy) is 2. The summed E-state index contributed by atoms with van der Waals surface area (Å²) in [5.74, 6) is -1.91. The molecular formula is C18H20ClFN2O4. The Morgan fingerprint density at radius 3 is 2.54 bits per heavy atom. The maximum atomic E-state index is 13.2. The van der Waals surface area contributed by atoms with Crippen LogP contribution in [0.4, 0.5) is 10.1 Å². The summed E-state index contributed by atoms with van der Waals surface area (Å²) >= 11 is 5.72. The molecule has 1 saturated carbocycles. The van der Waals surface area contributed by atoms with Gasteiger partial charge >= 0.3 is 0 Å². The second-order valence-corrected chi connectivity index (χ2v) is 7.41. The minimum Gasteiger partial charge on any atom is -0.347 e. The highest BCUT2D eigenvalue weighted by Gasteiger charge is 2.51. The van der Waals surface area contributed by atoms with Gasteiger partial charge in [-0.1, -0.05) is 11.6 Å². The number of carbonyl (C=O) groups is 2. The molecule has 2 aliphatic heterocycles. The summed E-state index contributed by atoms with van der Waals surface area (Å²) in [5, 5.41) is 2.65. The average Bonchev–Trinajstić information content (AvgIpc) is 3.32. The molecule has 2 unspecified atom stereocenters. The van der Waals surface area contributed by atoms with Crippen LogP contribution in [0.5, 0.6) is 0 Å². The van der Waals surface area contributed by atoms with Gasteiger partial charge in [-0.15, -0.1) is 0 Å². The van der Waals surface area contributed by atoms with Crippen LogP contribution in [-0.2, 0) is 19.1 Å². The lowest BCUT2D eigenvalue weighted by atomic mass is 10.0. The van der Waals surface area contributed by atoms with Crippen LogP contribution in [-0.4, -0.2) is 48.8 Å². The Balaban J connectivity index is 1.29. The number of anilines is 1. The summed E-state index contributed by atoms with van der Waals surface area (Å²) in [5.41, 5.74) is 0.426. The second kappa shape index (κ2) is 6.79. The van der Waals surface area contributed by atoms with Crippen LogP contribution in [0, 0.1) is 17.7 Å². The third kappa shape index (κ3) is 3.43. The smallest absolute Gasteiger partial charge is 0.228 e. The first-order valence-corrected chi connectivity index (χ1v) is 9.18. The van der Waals surface area contributed by atoms with Gasteiger partial charge in [0.1, 0.15) is 5.82 Å². The number of piperidine rings is 1. The normalized spacial score (nSPS) is 26.8. The standard InChI is InChI=1S/C18H20ClFN2O4/c19-14-9-11(1-2-15(14)20)21-16(23)12-10-13(12)17(24)22-5-3-18(4-6-22)25-7-8-26-18/h1-2,9,12-13H,3-8,10H2,(H,21,23). The van der Waals surface area contributed by atoms with Gasteiger partial charge in [-0.2, -0.15) is 0 Å². The molecule has 140 valence electrons. The Bertz CT molecular complexity index is 728. The lowest BCUT2D eigenvalue weighted by Gasteiger charge is -2.37. The number of amides is 2. The van der Waals surface area contributed by atoms with Crippen molar-refractivity contribution in [1.29, 1.82) is 0 Å². The number of nitrogens with zero attached hydrogens (tertiary/aromatic N) is 1. The molecule has 0 bridgehead atoms. The topological polar surface area (TPSA) is 67.9 Å². The van der Waals surface area contributed by atoms with Gasteiger partial charge in [0.15, 0.2) is 5.79 Å². The summed E-state index contributed by atoms with van der Waals surface area (Å²) in [4.78, 5) is 26.7. The fourth-order valence-corrected chi connectivity index (χ4v) is 3.84. The summed E-state index contributed by atoms with van der Waals surface area (Å²) in [6.07, 6.45) is 1.86. The van der Waals surface area contributed by atoms with Crippen LogP contribution >= 0.6 is 11.6 Å². The van der Waals surface area contributed by atoms with E-state index >= 15 is 0 Å². The van der Waals surface area contributed by atoms with Gasteiger partial charge in [0, 0.05) is 31.6 Å². The first-order valence-electron chi connectivity index (χ1n) is 8.80. The molecule has 3 aliphatic rings. The van der Waals surface area contributed by atoms with Crippen molar-refractivity contribution in [3.8, 4) is 0 Å². The van der Waals surface area contributed by atoms with E-state index in [1.54, 1.807) is 4.90 Å². The minimum atomic E-state index is -0.540. The number of benzene rings is 1. The highest BCUT2D eigenvalue weighted by atomic mass is 35.5. The van der Waals surface area contributed by atoms with Crippen molar-refractivity contribution in [3.63, 3.8) is 0 Å². The SMILES string of the molecule is O=C(Nc1ccc(F)c(Cl)c1)C1CC1C(=O)N1CCC2(CC1)OCCO2. The van der Waals surface area contributed by atoms with Gasteiger partial charge in [-0.25, -0.2) is 4.39 Å². The molecule has 1 aromatic rings. The first-order chi connectivity index (χ1) is 12.5. The van der Waals surface area contributed by atoms with Crippen LogP contribution in [0.3, 0.4) is 0 Å². The number of likely N-dealkylation sites (tertiary alicyclic amines) is 1. The zero-order valence-corrected chi connectivity index (χ0v) is 14.9. The maximum absolute atomic E-state index is 13.2. The van der Waals surface area contributed by atoms with E-state index in [0.29, 0.717) is 51.3 Å². The highest BCUT2D eigenvalue weighted by Crippen LogP contribution is 2.42. The van der Waals surface area contributed by atoms with Crippen LogP contribution in [0.2, 0.25) is 5.02 Å². The maximum Gasteiger partial charge on any atom is 0.228 e. The number of halogens is 2. The Labute approximate surface area is 155 Å². The van der Waals surface area contributed by atoms with Crippen LogP contribution in [0.15, 0.2) is 18.2 Å². The number of nitrogens with one attached hydrogen (secondary N) is 1. The van der Waals surface area contributed by atoms with Gasteiger partial charge < -0.3 is 19.7 Å². The average molecular weight is 383 g/mol. The predicted molar refractivity (Wildman–Crippen MR) is 92.1 cm³/mol. The Kier molecular flexibility index (Phi) is 4.62. The fraction of sp³-hybridized carbons (Fsp3) is 0.556.